The number of carbonyl (C=O) groups is 2. The van der Waals surface area contributed by atoms with Crippen LogP contribution in [0.15, 0.2) is 30.3 Å². The lowest BCUT2D eigenvalue weighted by molar-refractivity contribution is -0.148. The standard InChI is InChI=1S/C16H24N2O3/c1-4-11(2)18(10-14(19)20)16(21)12(3)15(17)13-8-6-5-7-9-13/h5-9,11-12,15H,4,10,17H2,1-3H3,(H,19,20). The summed E-state index contributed by atoms with van der Waals surface area (Å²) >= 11 is 0. The second-order valence-electron chi connectivity index (χ2n) is 5.34. The fourth-order valence-electron chi connectivity index (χ4n) is 2.20. The lowest BCUT2D eigenvalue weighted by Gasteiger charge is -2.31. The third kappa shape index (κ3) is 4.56. The summed E-state index contributed by atoms with van der Waals surface area (Å²) in [4.78, 5) is 24.9. The van der Waals surface area contributed by atoms with Crippen molar-refractivity contribution in [3.63, 3.8) is 0 Å². The quantitative estimate of drug-likeness (QED) is 0.805. The summed E-state index contributed by atoms with van der Waals surface area (Å²) in [5.74, 6) is -1.70. The van der Waals surface area contributed by atoms with Crippen LogP contribution in [0, 0.1) is 5.92 Å². The predicted molar refractivity (Wildman–Crippen MR) is 81.6 cm³/mol. The molecule has 0 bridgehead atoms. The first-order chi connectivity index (χ1) is 9.88. The van der Waals surface area contributed by atoms with E-state index in [1.807, 2.05) is 44.2 Å². The van der Waals surface area contributed by atoms with Gasteiger partial charge in [0.25, 0.3) is 0 Å². The molecule has 5 nitrogen and oxygen atoms in total. The van der Waals surface area contributed by atoms with E-state index in [9.17, 15) is 9.59 Å². The number of hydrogen-bond donors (Lipinski definition) is 2. The SMILES string of the molecule is CCC(C)N(CC(=O)O)C(=O)C(C)C(N)c1ccccc1. The molecule has 0 aliphatic heterocycles. The lowest BCUT2D eigenvalue weighted by Crippen LogP contribution is -2.46. The van der Waals surface area contributed by atoms with Gasteiger partial charge in [-0.25, -0.2) is 0 Å². The molecule has 21 heavy (non-hydrogen) atoms. The van der Waals surface area contributed by atoms with Gasteiger partial charge in [0.2, 0.25) is 5.91 Å². The van der Waals surface area contributed by atoms with Crippen LogP contribution in [0.2, 0.25) is 0 Å². The van der Waals surface area contributed by atoms with Gasteiger partial charge in [-0.05, 0) is 18.9 Å². The number of benzene rings is 1. The molecule has 0 radical (unpaired) electrons. The maximum absolute atomic E-state index is 12.6. The van der Waals surface area contributed by atoms with E-state index in [-0.39, 0.29) is 18.5 Å². The van der Waals surface area contributed by atoms with Crippen molar-refractivity contribution in [1.29, 1.82) is 0 Å². The highest BCUT2D eigenvalue weighted by Gasteiger charge is 2.30. The molecule has 0 aliphatic carbocycles. The van der Waals surface area contributed by atoms with Crippen molar-refractivity contribution in [1.82, 2.24) is 4.90 Å². The van der Waals surface area contributed by atoms with E-state index in [2.05, 4.69) is 0 Å². The van der Waals surface area contributed by atoms with Gasteiger partial charge in [-0.1, -0.05) is 44.2 Å². The van der Waals surface area contributed by atoms with E-state index >= 15 is 0 Å². The summed E-state index contributed by atoms with van der Waals surface area (Å²) < 4.78 is 0. The molecule has 3 atom stereocenters. The Morgan fingerprint density at radius 1 is 1.24 bits per heavy atom. The average Bonchev–Trinajstić information content (AvgIpc) is 2.50. The Morgan fingerprint density at radius 2 is 1.81 bits per heavy atom. The summed E-state index contributed by atoms with van der Waals surface area (Å²) in [6, 6.07) is 8.81. The van der Waals surface area contributed by atoms with Crippen molar-refractivity contribution >= 4 is 11.9 Å². The van der Waals surface area contributed by atoms with Crippen molar-refractivity contribution in [2.75, 3.05) is 6.54 Å². The third-order valence-electron chi connectivity index (χ3n) is 3.82. The monoisotopic (exact) mass is 292 g/mol. The minimum Gasteiger partial charge on any atom is -0.480 e. The Hall–Kier alpha value is -1.88. The van der Waals surface area contributed by atoms with Crippen LogP contribution in [0.3, 0.4) is 0 Å². The van der Waals surface area contributed by atoms with Gasteiger partial charge in [0, 0.05) is 12.1 Å². The van der Waals surface area contributed by atoms with E-state index in [1.54, 1.807) is 6.92 Å². The van der Waals surface area contributed by atoms with E-state index in [0.29, 0.717) is 6.42 Å². The molecular weight excluding hydrogens is 268 g/mol. The van der Waals surface area contributed by atoms with Gasteiger partial charge in [0.05, 0.1) is 5.92 Å². The smallest absolute Gasteiger partial charge is 0.323 e. The maximum Gasteiger partial charge on any atom is 0.323 e. The number of nitrogens with zero attached hydrogens (tertiary/aromatic N) is 1. The Balaban J connectivity index is 2.89. The molecule has 1 rings (SSSR count). The molecule has 1 amide bonds. The van der Waals surface area contributed by atoms with Crippen LogP contribution in [0.25, 0.3) is 0 Å². The molecule has 1 aromatic carbocycles. The summed E-state index contributed by atoms with van der Waals surface area (Å²) in [5.41, 5.74) is 7.03. The molecule has 116 valence electrons. The number of aliphatic carboxylic acids is 1. The molecule has 0 aliphatic rings. The van der Waals surface area contributed by atoms with E-state index in [0.717, 1.165) is 5.56 Å². The number of nitrogens with two attached hydrogens (primary N) is 1. The maximum atomic E-state index is 12.6. The van der Waals surface area contributed by atoms with Crippen LogP contribution < -0.4 is 5.73 Å². The highest BCUT2D eigenvalue weighted by Crippen LogP contribution is 2.22. The Bertz CT molecular complexity index is 476. The Morgan fingerprint density at radius 3 is 2.29 bits per heavy atom. The molecule has 0 aromatic heterocycles. The zero-order chi connectivity index (χ0) is 16.0. The second kappa shape index (κ2) is 7.78. The minimum absolute atomic E-state index is 0.126. The molecule has 0 saturated heterocycles. The van der Waals surface area contributed by atoms with Gasteiger partial charge in [-0.3, -0.25) is 9.59 Å². The molecule has 3 unspecified atom stereocenters. The molecule has 1 aromatic rings. The second-order valence-corrected chi connectivity index (χ2v) is 5.34. The van der Waals surface area contributed by atoms with Gasteiger partial charge in [0.1, 0.15) is 6.54 Å². The van der Waals surface area contributed by atoms with E-state index < -0.39 is 17.9 Å². The summed E-state index contributed by atoms with van der Waals surface area (Å²) in [6.45, 7) is 5.23. The highest BCUT2D eigenvalue weighted by atomic mass is 16.4. The largest absolute Gasteiger partial charge is 0.480 e. The van der Waals surface area contributed by atoms with Crippen LogP contribution >= 0.6 is 0 Å². The first-order valence-electron chi connectivity index (χ1n) is 7.21. The third-order valence-corrected chi connectivity index (χ3v) is 3.82. The number of carboxylic acid groups (broad SMARTS) is 1. The molecule has 0 spiro atoms. The lowest BCUT2D eigenvalue weighted by atomic mass is 9.93. The van der Waals surface area contributed by atoms with Crippen LogP contribution in [0.4, 0.5) is 0 Å². The normalized spacial score (nSPS) is 15.0. The highest BCUT2D eigenvalue weighted by molar-refractivity contribution is 5.83. The van der Waals surface area contributed by atoms with Crippen LogP contribution in [0.5, 0.6) is 0 Å². The molecule has 5 heteroatoms. The fourth-order valence-corrected chi connectivity index (χ4v) is 2.20. The van der Waals surface area contributed by atoms with Crippen LogP contribution in [-0.2, 0) is 9.59 Å². The van der Waals surface area contributed by atoms with Crippen molar-refractivity contribution in [2.24, 2.45) is 11.7 Å². The minimum atomic E-state index is -1.01. The topological polar surface area (TPSA) is 83.6 Å². The molecular formula is C16H24N2O3. The van der Waals surface area contributed by atoms with Gasteiger partial charge >= 0.3 is 5.97 Å². The number of carboxylic acids is 1. The van der Waals surface area contributed by atoms with Crippen molar-refractivity contribution < 1.29 is 14.7 Å². The Labute approximate surface area is 125 Å². The summed E-state index contributed by atoms with van der Waals surface area (Å²) in [7, 11) is 0. The number of amides is 1. The first kappa shape index (κ1) is 17.2. The molecule has 0 heterocycles. The predicted octanol–water partition coefficient (Wildman–Crippen LogP) is 2.03. The van der Waals surface area contributed by atoms with Crippen LogP contribution in [0.1, 0.15) is 38.8 Å². The van der Waals surface area contributed by atoms with Gasteiger partial charge < -0.3 is 15.7 Å². The van der Waals surface area contributed by atoms with Gasteiger partial charge in [-0.15, -0.1) is 0 Å². The van der Waals surface area contributed by atoms with Crippen LogP contribution in [-0.4, -0.2) is 34.5 Å². The molecule has 0 saturated carbocycles. The number of hydrogen-bond acceptors (Lipinski definition) is 3. The Kier molecular flexibility index (Phi) is 6.37. The van der Waals surface area contributed by atoms with E-state index in [4.69, 9.17) is 10.8 Å². The van der Waals surface area contributed by atoms with Crippen molar-refractivity contribution in [2.45, 2.75) is 39.3 Å². The van der Waals surface area contributed by atoms with E-state index in [1.165, 1.54) is 4.90 Å². The van der Waals surface area contributed by atoms with Gasteiger partial charge in [0.15, 0.2) is 0 Å². The zero-order valence-electron chi connectivity index (χ0n) is 12.8. The fraction of sp³-hybridized carbons (Fsp3) is 0.500. The van der Waals surface area contributed by atoms with Gasteiger partial charge in [-0.2, -0.15) is 0 Å². The van der Waals surface area contributed by atoms with Crippen molar-refractivity contribution in [3.05, 3.63) is 35.9 Å². The van der Waals surface area contributed by atoms with Crippen molar-refractivity contribution in [3.8, 4) is 0 Å². The number of rotatable bonds is 7. The average molecular weight is 292 g/mol. The molecule has 3 N–H and O–H groups in total. The summed E-state index contributed by atoms with van der Waals surface area (Å²) in [5, 5.41) is 8.99. The first-order valence-corrected chi connectivity index (χ1v) is 7.21. The zero-order valence-corrected chi connectivity index (χ0v) is 12.8. The summed E-state index contributed by atoms with van der Waals surface area (Å²) in [6.07, 6.45) is 0.701. The molecule has 0 fully saturated rings. The number of carbonyl (C=O) groups excluding carboxylic acids is 1.